The molecule has 0 saturated carbocycles. The second-order valence-electron chi connectivity index (χ2n) is 10.9. The molecule has 1 aliphatic rings. The molecule has 0 aromatic heterocycles. The van der Waals surface area contributed by atoms with E-state index in [4.69, 9.17) is 18.9 Å². The average molecular weight is 682 g/mol. The molecule has 0 unspecified atom stereocenters. The van der Waals surface area contributed by atoms with Crippen molar-refractivity contribution in [3.05, 3.63) is 168 Å². The molecular formula is C39H38O4SSe. The molecule has 0 spiro atoms. The van der Waals surface area contributed by atoms with Crippen molar-refractivity contribution in [1.82, 2.24) is 0 Å². The first-order valence-electron chi connectivity index (χ1n) is 15.3. The first kappa shape index (κ1) is 31.8. The van der Waals surface area contributed by atoms with Crippen LogP contribution in [0.3, 0.4) is 0 Å². The van der Waals surface area contributed by atoms with Crippen molar-refractivity contribution in [2.24, 2.45) is 0 Å². The van der Waals surface area contributed by atoms with Crippen LogP contribution >= 0.6 is 11.8 Å². The minimum absolute atomic E-state index is 0.0548. The van der Waals surface area contributed by atoms with Crippen LogP contribution in [0.2, 0.25) is 4.82 Å². The third kappa shape index (κ3) is 9.41. The molecule has 0 radical (unpaired) electrons. The number of thioether (sulfide) groups is 1. The van der Waals surface area contributed by atoms with Crippen molar-refractivity contribution in [1.29, 1.82) is 0 Å². The van der Waals surface area contributed by atoms with E-state index in [1.54, 1.807) is 11.8 Å². The molecule has 230 valence electrons. The maximum absolute atomic E-state index is 7.05. The van der Waals surface area contributed by atoms with Gasteiger partial charge in [0.05, 0.1) is 0 Å². The molecule has 0 N–H and O–H groups in total. The van der Waals surface area contributed by atoms with Crippen LogP contribution in [0, 0.1) is 0 Å². The van der Waals surface area contributed by atoms with Crippen molar-refractivity contribution in [2.45, 2.75) is 53.3 Å². The van der Waals surface area contributed by atoms with Gasteiger partial charge >= 0.3 is 278 Å². The standard InChI is InChI=1S/C39H38O4SSe/c1-6-16-30(17-7-1)26-40-29-35-36(41-27-31-18-8-2-9-19-31)37(42-28-32-20-10-3-11-21-32)38(45-34-24-14-5-15-25-34)39(43-35)44-33-22-12-4-13-23-33/h1-25,35-39H,26-29H2/t35-,36-,37+,38+,39-/m1/s1. The molecule has 5 aromatic rings. The van der Waals surface area contributed by atoms with E-state index in [9.17, 15) is 0 Å². The van der Waals surface area contributed by atoms with Crippen molar-refractivity contribution in [2.75, 3.05) is 6.61 Å². The van der Waals surface area contributed by atoms with Crippen molar-refractivity contribution in [3.63, 3.8) is 0 Å². The molecule has 1 heterocycles. The Balaban J connectivity index is 1.33. The van der Waals surface area contributed by atoms with Crippen molar-refractivity contribution < 1.29 is 18.9 Å². The van der Waals surface area contributed by atoms with Crippen LogP contribution in [0.25, 0.3) is 0 Å². The van der Waals surface area contributed by atoms with Crippen molar-refractivity contribution in [3.8, 4) is 0 Å². The number of ether oxygens (including phenoxy) is 4. The summed E-state index contributed by atoms with van der Waals surface area (Å²) in [6.45, 7) is 1.88. The molecule has 1 saturated heterocycles. The maximum atomic E-state index is 7.05. The van der Waals surface area contributed by atoms with Crippen LogP contribution in [-0.4, -0.2) is 45.3 Å². The Kier molecular flexibility index (Phi) is 12.0. The zero-order valence-corrected chi connectivity index (χ0v) is 27.6. The Hall–Kier alpha value is -3.19. The molecule has 0 bridgehead atoms. The van der Waals surface area contributed by atoms with Crippen LogP contribution < -0.4 is 4.46 Å². The van der Waals surface area contributed by atoms with E-state index in [2.05, 4.69) is 109 Å². The normalized spacial score (nSPS) is 21.4. The number of rotatable bonds is 14. The van der Waals surface area contributed by atoms with E-state index in [1.807, 2.05) is 42.5 Å². The minimum atomic E-state index is -0.326. The van der Waals surface area contributed by atoms with Gasteiger partial charge < -0.3 is 0 Å². The summed E-state index contributed by atoms with van der Waals surface area (Å²) in [6, 6.07) is 52.3. The molecule has 5 aromatic carbocycles. The van der Waals surface area contributed by atoms with E-state index in [1.165, 1.54) is 9.36 Å². The fourth-order valence-electron chi connectivity index (χ4n) is 5.31. The molecule has 0 amide bonds. The number of hydrogen-bond acceptors (Lipinski definition) is 5. The molecule has 0 aliphatic carbocycles. The summed E-state index contributed by atoms with van der Waals surface area (Å²) in [5.74, 6) is 0. The Morgan fingerprint density at radius 2 is 1.00 bits per heavy atom. The second kappa shape index (κ2) is 16.9. The van der Waals surface area contributed by atoms with Crippen LogP contribution in [0.4, 0.5) is 0 Å². The van der Waals surface area contributed by atoms with Crippen LogP contribution in [0.15, 0.2) is 157 Å². The molecule has 6 heteroatoms. The summed E-state index contributed by atoms with van der Waals surface area (Å²) < 4.78 is 28.5. The van der Waals surface area contributed by atoms with Crippen molar-refractivity contribution >= 4 is 31.2 Å². The quantitative estimate of drug-likeness (QED) is 0.112. The molecule has 1 fully saturated rings. The molecule has 6 rings (SSSR count). The van der Waals surface area contributed by atoms with Gasteiger partial charge in [0.25, 0.3) is 0 Å². The monoisotopic (exact) mass is 682 g/mol. The van der Waals surface area contributed by atoms with Gasteiger partial charge in [-0.2, -0.15) is 0 Å². The predicted molar refractivity (Wildman–Crippen MR) is 183 cm³/mol. The van der Waals surface area contributed by atoms with Gasteiger partial charge in [-0.1, -0.05) is 0 Å². The topological polar surface area (TPSA) is 36.9 Å². The molecule has 5 atom stereocenters. The van der Waals surface area contributed by atoms with Crippen LogP contribution in [-0.2, 0) is 38.8 Å². The Morgan fingerprint density at radius 3 is 1.56 bits per heavy atom. The third-order valence-electron chi connectivity index (χ3n) is 7.57. The van der Waals surface area contributed by atoms with E-state index in [0.717, 1.165) is 16.7 Å². The molecular weight excluding hydrogens is 643 g/mol. The Morgan fingerprint density at radius 1 is 0.533 bits per heavy atom. The predicted octanol–water partition coefficient (Wildman–Crippen LogP) is 7.71. The van der Waals surface area contributed by atoms with Gasteiger partial charge in [-0.15, -0.1) is 0 Å². The zero-order valence-electron chi connectivity index (χ0n) is 25.1. The summed E-state index contributed by atoms with van der Waals surface area (Å²) in [5.41, 5.74) is 3.25. The number of hydrogen-bond donors (Lipinski definition) is 0. The van der Waals surface area contributed by atoms with Crippen LogP contribution in [0.5, 0.6) is 0 Å². The third-order valence-corrected chi connectivity index (χ3v) is 11.9. The molecule has 1 aliphatic heterocycles. The van der Waals surface area contributed by atoms with Gasteiger partial charge in [0.15, 0.2) is 0 Å². The van der Waals surface area contributed by atoms with E-state index in [-0.39, 0.29) is 43.5 Å². The second-order valence-corrected chi connectivity index (χ2v) is 14.7. The van der Waals surface area contributed by atoms with Gasteiger partial charge in [0.2, 0.25) is 0 Å². The zero-order chi connectivity index (χ0) is 30.5. The van der Waals surface area contributed by atoms with Gasteiger partial charge in [0.1, 0.15) is 0 Å². The summed E-state index contributed by atoms with van der Waals surface area (Å²) in [5, 5.41) is 0. The van der Waals surface area contributed by atoms with Crippen LogP contribution in [0.1, 0.15) is 16.7 Å². The summed E-state index contributed by atoms with van der Waals surface area (Å²) in [4.78, 5) is 1.26. The Labute approximate surface area is 277 Å². The average Bonchev–Trinajstić information content (AvgIpc) is 3.10. The van der Waals surface area contributed by atoms with Gasteiger partial charge in [-0.3, -0.25) is 0 Å². The summed E-state index contributed by atoms with van der Waals surface area (Å²) in [6.07, 6.45) is -0.857. The van der Waals surface area contributed by atoms with E-state index >= 15 is 0 Å². The summed E-state index contributed by atoms with van der Waals surface area (Å²) in [7, 11) is 0. The number of benzene rings is 5. The first-order chi connectivity index (χ1) is 22.3. The van der Waals surface area contributed by atoms with Gasteiger partial charge in [0, 0.05) is 0 Å². The van der Waals surface area contributed by atoms with Gasteiger partial charge in [-0.05, 0) is 0 Å². The molecule has 45 heavy (non-hydrogen) atoms. The van der Waals surface area contributed by atoms with E-state index in [0.29, 0.717) is 26.4 Å². The van der Waals surface area contributed by atoms with E-state index < -0.39 is 0 Å². The Bertz CT molecular complexity index is 1530. The SMILES string of the molecule is c1ccc(COC[C@H]2O[C@H](Sc3ccccc3)[C@@H]([Se]c3ccccc3)[C@@H](OCc3ccccc3)[C@@H]2OCc2ccccc2)cc1. The first-order valence-corrected chi connectivity index (χ1v) is 18.1. The summed E-state index contributed by atoms with van der Waals surface area (Å²) >= 11 is 1.82. The fraction of sp³-hybridized carbons (Fsp3) is 0.231. The molecule has 4 nitrogen and oxygen atoms in total. The van der Waals surface area contributed by atoms with Gasteiger partial charge in [-0.25, -0.2) is 0 Å². The fourth-order valence-corrected chi connectivity index (χ4v) is 9.48.